The minimum absolute atomic E-state index is 0.232. The average molecular weight is 294 g/mol. The molecule has 0 spiro atoms. The van der Waals surface area contributed by atoms with Gasteiger partial charge in [0, 0.05) is 11.6 Å². The van der Waals surface area contributed by atoms with Gasteiger partial charge in [0.15, 0.2) is 0 Å². The van der Waals surface area contributed by atoms with Crippen molar-refractivity contribution in [1.29, 1.82) is 0 Å². The number of halogens is 1. The summed E-state index contributed by atoms with van der Waals surface area (Å²) >= 11 is 4.85. The van der Waals surface area contributed by atoms with Crippen LogP contribution in [0.25, 0.3) is 0 Å². The highest BCUT2D eigenvalue weighted by atomic mass is 32.1. The van der Waals surface area contributed by atoms with Gasteiger partial charge in [-0.1, -0.05) is 32.0 Å². The maximum atomic E-state index is 14.0. The Labute approximate surface area is 125 Å². The highest BCUT2D eigenvalue weighted by Crippen LogP contribution is 2.30. The molecule has 1 aliphatic carbocycles. The highest BCUT2D eigenvalue weighted by Gasteiger charge is 2.21. The van der Waals surface area contributed by atoms with E-state index in [1.165, 1.54) is 31.7 Å². The Morgan fingerprint density at radius 2 is 2.05 bits per heavy atom. The number of thiocarbonyl (C=S) groups is 1. The van der Waals surface area contributed by atoms with Crippen molar-refractivity contribution in [2.24, 2.45) is 11.7 Å². The van der Waals surface area contributed by atoms with E-state index in [0.29, 0.717) is 17.3 Å². The number of benzene rings is 1. The molecule has 0 unspecified atom stereocenters. The topological polar surface area (TPSA) is 38.0 Å². The summed E-state index contributed by atoms with van der Waals surface area (Å²) in [6.07, 6.45) is 7.33. The average Bonchev–Trinajstić information content (AvgIpc) is 2.43. The summed E-state index contributed by atoms with van der Waals surface area (Å²) in [6.45, 7) is 2.24. The molecule has 1 aromatic carbocycles. The minimum Gasteiger partial charge on any atom is -0.389 e. The van der Waals surface area contributed by atoms with E-state index in [2.05, 4.69) is 12.2 Å². The first-order chi connectivity index (χ1) is 9.60. The lowest BCUT2D eigenvalue weighted by molar-refractivity contribution is 0.318. The number of hydrogen-bond donors (Lipinski definition) is 2. The van der Waals surface area contributed by atoms with Gasteiger partial charge in [0.2, 0.25) is 0 Å². The van der Waals surface area contributed by atoms with Crippen molar-refractivity contribution in [2.45, 2.75) is 51.5 Å². The number of rotatable bonds is 5. The van der Waals surface area contributed by atoms with E-state index in [-0.39, 0.29) is 10.8 Å². The van der Waals surface area contributed by atoms with Crippen molar-refractivity contribution in [1.82, 2.24) is 0 Å². The highest BCUT2D eigenvalue weighted by molar-refractivity contribution is 7.80. The zero-order chi connectivity index (χ0) is 14.5. The Kier molecular flexibility index (Phi) is 5.35. The Morgan fingerprint density at radius 3 is 2.60 bits per heavy atom. The van der Waals surface area contributed by atoms with Crippen molar-refractivity contribution in [3.63, 3.8) is 0 Å². The smallest absolute Gasteiger partial charge is 0.146 e. The van der Waals surface area contributed by atoms with Gasteiger partial charge < -0.3 is 11.1 Å². The van der Waals surface area contributed by atoms with E-state index in [1.54, 1.807) is 12.1 Å². The molecule has 4 heteroatoms. The molecule has 0 aliphatic heterocycles. The second-order valence-corrected chi connectivity index (χ2v) is 6.15. The fraction of sp³-hybridized carbons (Fsp3) is 0.562. The molecule has 0 amide bonds. The number of nitrogens with one attached hydrogen (secondary N) is 1. The van der Waals surface area contributed by atoms with Crippen LogP contribution in [-0.2, 0) is 0 Å². The third-order valence-electron chi connectivity index (χ3n) is 4.16. The lowest BCUT2D eigenvalue weighted by atomic mass is 9.83. The van der Waals surface area contributed by atoms with Gasteiger partial charge in [-0.25, -0.2) is 4.39 Å². The van der Waals surface area contributed by atoms with Crippen LogP contribution in [0, 0.1) is 11.7 Å². The summed E-state index contributed by atoms with van der Waals surface area (Å²) < 4.78 is 14.0. The predicted molar refractivity (Wildman–Crippen MR) is 86.6 cm³/mol. The standard InChI is InChI=1S/C16H23FN2S/c1-2-3-11-4-7-13(8-5-11)19-15-9-6-12(16(18)20)10-14(15)17/h6,9-11,13,19H,2-5,7-8H2,1H3,(H2,18,20). The molecule has 110 valence electrons. The van der Waals surface area contributed by atoms with Gasteiger partial charge in [0.1, 0.15) is 10.8 Å². The van der Waals surface area contributed by atoms with Crippen molar-refractivity contribution in [3.8, 4) is 0 Å². The molecule has 2 nitrogen and oxygen atoms in total. The summed E-state index contributed by atoms with van der Waals surface area (Å²) in [7, 11) is 0. The van der Waals surface area contributed by atoms with E-state index in [0.717, 1.165) is 18.8 Å². The third kappa shape index (κ3) is 3.92. The number of hydrogen-bond acceptors (Lipinski definition) is 2. The van der Waals surface area contributed by atoms with Crippen molar-refractivity contribution < 1.29 is 4.39 Å². The third-order valence-corrected chi connectivity index (χ3v) is 4.39. The van der Waals surface area contributed by atoms with Crippen LogP contribution >= 0.6 is 12.2 Å². The molecule has 0 bridgehead atoms. The van der Waals surface area contributed by atoms with E-state index in [9.17, 15) is 4.39 Å². The zero-order valence-electron chi connectivity index (χ0n) is 12.0. The molecule has 1 fully saturated rings. The van der Waals surface area contributed by atoms with Crippen LogP contribution in [0.15, 0.2) is 18.2 Å². The van der Waals surface area contributed by atoms with Crippen LogP contribution < -0.4 is 11.1 Å². The fourth-order valence-electron chi connectivity index (χ4n) is 3.01. The summed E-state index contributed by atoms with van der Waals surface area (Å²) in [5.74, 6) is 0.589. The molecule has 0 aromatic heterocycles. The van der Waals surface area contributed by atoms with Crippen molar-refractivity contribution >= 4 is 22.9 Å². The summed E-state index contributed by atoms with van der Waals surface area (Å²) in [5, 5.41) is 3.32. The largest absolute Gasteiger partial charge is 0.389 e. The lowest BCUT2D eigenvalue weighted by Crippen LogP contribution is -2.26. The molecule has 0 saturated heterocycles. The molecule has 1 aromatic rings. The van der Waals surface area contributed by atoms with Gasteiger partial charge in [-0.05, 0) is 49.8 Å². The fourth-order valence-corrected chi connectivity index (χ4v) is 3.14. The minimum atomic E-state index is -0.272. The molecule has 2 rings (SSSR count). The van der Waals surface area contributed by atoms with Gasteiger partial charge in [0.05, 0.1) is 5.69 Å². The number of nitrogens with two attached hydrogens (primary N) is 1. The first-order valence-electron chi connectivity index (χ1n) is 7.46. The molecule has 1 saturated carbocycles. The SMILES string of the molecule is CCCC1CCC(Nc2ccc(C(N)=S)cc2F)CC1. The molecular weight excluding hydrogens is 271 g/mol. The molecule has 0 atom stereocenters. The normalized spacial score (nSPS) is 22.5. The summed E-state index contributed by atoms with van der Waals surface area (Å²) in [6, 6.07) is 5.31. The summed E-state index contributed by atoms with van der Waals surface area (Å²) in [4.78, 5) is 0.232. The predicted octanol–water partition coefficient (Wildman–Crippen LogP) is 4.23. The van der Waals surface area contributed by atoms with Gasteiger partial charge >= 0.3 is 0 Å². The second kappa shape index (κ2) is 7.02. The Hall–Kier alpha value is -1.16. The molecule has 0 radical (unpaired) electrons. The van der Waals surface area contributed by atoms with Gasteiger partial charge in [-0.2, -0.15) is 0 Å². The van der Waals surface area contributed by atoms with E-state index < -0.39 is 0 Å². The van der Waals surface area contributed by atoms with Gasteiger partial charge in [0.25, 0.3) is 0 Å². The first-order valence-corrected chi connectivity index (χ1v) is 7.87. The van der Waals surface area contributed by atoms with E-state index >= 15 is 0 Å². The quantitative estimate of drug-likeness (QED) is 0.798. The monoisotopic (exact) mass is 294 g/mol. The molecule has 1 aliphatic rings. The lowest BCUT2D eigenvalue weighted by Gasteiger charge is -2.29. The zero-order valence-corrected chi connectivity index (χ0v) is 12.8. The molecular formula is C16H23FN2S. The maximum absolute atomic E-state index is 14.0. The first kappa shape index (κ1) is 15.2. The van der Waals surface area contributed by atoms with Crippen LogP contribution in [0.2, 0.25) is 0 Å². The Morgan fingerprint density at radius 1 is 1.35 bits per heavy atom. The Balaban J connectivity index is 1.93. The molecule has 0 heterocycles. The van der Waals surface area contributed by atoms with Crippen LogP contribution in [0.5, 0.6) is 0 Å². The van der Waals surface area contributed by atoms with Crippen LogP contribution in [-0.4, -0.2) is 11.0 Å². The molecule has 20 heavy (non-hydrogen) atoms. The second-order valence-electron chi connectivity index (χ2n) is 5.71. The maximum Gasteiger partial charge on any atom is 0.146 e. The Bertz CT molecular complexity index is 468. The van der Waals surface area contributed by atoms with Crippen LogP contribution in [0.3, 0.4) is 0 Å². The molecule has 3 N–H and O–H groups in total. The van der Waals surface area contributed by atoms with E-state index in [1.807, 2.05) is 0 Å². The van der Waals surface area contributed by atoms with Crippen LogP contribution in [0.1, 0.15) is 51.0 Å². The summed E-state index contributed by atoms with van der Waals surface area (Å²) in [5.41, 5.74) is 6.64. The van der Waals surface area contributed by atoms with Gasteiger partial charge in [-0.3, -0.25) is 0 Å². The van der Waals surface area contributed by atoms with Crippen molar-refractivity contribution in [2.75, 3.05) is 5.32 Å². The van der Waals surface area contributed by atoms with Crippen molar-refractivity contribution in [3.05, 3.63) is 29.6 Å². The van der Waals surface area contributed by atoms with Gasteiger partial charge in [-0.15, -0.1) is 0 Å². The number of anilines is 1. The van der Waals surface area contributed by atoms with Crippen LogP contribution in [0.4, 0.5) is 10.1 Å². The van der Waals surface area contributed by atoms with E-state index in [4.69, 9.17) is 18.0 Å².